The molecule has 3 rings (SSSR count). The van der Waals surface area contributed by atoms with Crippen LogP contribution < -0.4 is 4.74 Å². The predicted molar refractivity (Wildman–Crippen MR) is 115 cm³/mol. The van der Waals surface area contributed by atoms with Gasteiger partial charge in [-0.25, -0.2) is 9.79 Å². The summed E-state index contributed by atoms with van der Waals surface area (Å²) < 4.78 is 5.21. The van der Waals surface area contributed by atoms with Crippen LogP contribution in [-0.4, -0.2) is 40.2 Å². The molecule has 0 aromatic heterocycles. The number of hydrogen-bond acceptors (Lipinski definition) is 5. The average molecular weight is 410 g/mol. The van der Waals surface area contributed by atoms with Crippen LogP contribution in [-0.2, 0) is 9.59 Å². The third-order valence-corrected chi connectivity index (χ3v) is 5.12. The number of aryl methyl sites for hydroxylation is 1. The van der Waals surface area contributed by atoms with Gasteiger partial charge >= 0.3 is 5.97 Å². The van der Waals surface area contributed by atoms with Crippen molar-refractivity contribution in [3.8, 4) is 5.75 Å². The highest BCUT2D eigenvalue weighted by atomic mass is 32.2. The summed E-state index contributed by atoms with van der Waals surface area (Å²) in [5, 5.41) is 9.41. The molecular weight excluding hydrogens is 388 g/mol. The maximum atomic E-state index is 12.9. The molecule has 0 atom stereocenters. The highest BCUT2D eigenvalue weighted by Gasteiger charge is 2.32. The van der Waals surface area contributed by atoms with E-state index in [0.717, 1.165) is 23.2 Å². The minimum Gasteiger partial charge on any atom is -0.482 e. The zero-order valence-electron chi connectivity index (χ0n) is 16.3. The number of thioether (sulfide) groups is 1. The summed E-state index contributed by atoms with van der Waals surface area (Å²) >= 11 is 1.34. The summed E-state index contributed by atoms with van der Waals surface area (Å²) in [5.41, 5.74) is 2.72. The van der Waals surface area contributed by atoms with Crippen LogP contribution in [0.25, 0.3) is 6.08 Å². The normalized spacial score (nSPS) is 16.6. The fraction of sp³-hybridized carbons (Fsp3) is 0.227. The van der Waals surface area contributed by atoms with Crippen LogP contribution in [0.5, 0.6) is 5.75 Å². The van der Waals surface area contributed by atoms with E-state index in [1.54, 1.807) is 29.2 Å². The number of nitrogens with zero attached hydrogens (tertiary/aromatic N) is 2. The quantitative estimate of drug-likeness (QED) is 0.681. The van der Waals surface area contributed by atoms with Crippen molar-refractivity contribution in [1.29, 1.82) is 0 Å². The number of carbonyl (C=O) groups is 2. The summed E-state index contributed by atoms with van der Waals surface area (Å²) in [5.74, 6) is -0.682. The SMILES string of the molecule is CCCN1C(=O)/C(=C\c2cccc(OCC(=O)O)c2)SC1=Nc1ccc(C)cc1. The second-order valence-electron chi connectivity index (χ2n) is 6.55. The molecule has 0 unspecified atom stereocenters. The summed E-state index contributed by atoms with van der Waals surface area (Å²) in [7, 11) is 0. The highest BCUT2D eigenvalue weighted by Crippen LogP contribution is 2.34. The summed E-state index contributed by atoms with van der Waals surface area (Å²) in [6, 6.07) is 14.8. The van der Waals surface area contributed by atoms with Crippen molar-refractivity contribution in [3.05, 3.63) is 64.6 Å². The minimum absolute atomic E-state index is 0.0837. The van der Waals surface area contributed by atoms with Gasteiger partial charge in [-0.15, -0.1) is 0 Å². The molecule has 1 heterocycles. The Balaban J connectivity index is 1.86. The first kappa shape index (κ1) is 20.7. The van der Waals surface area contributed by atoms with E-state index in [-0.39, 0.29) is 5.91 Å². The van der Waals surface area contributed by atoms with Crippen LogP contribution in [0.3, 0.4) is 0 Å². The Bertz CT molecular complexity index is 967. The van der Waals surface area contributed by atoms with Crippen molar-refractivity contribution in [2.45, 2.75) is 20.3 Å². The molecule has 0 saturated carbocycles. The van der Waals surface area contributed by atoms with Crippen molar-refractivity contribution < 1.29 is 19.4 Å². The summed E-state index contributed by atoms with van der Waals surface area (Å²) in [6.45, 7) is 4.22. The number of aliphatic imine (C=N–C) groups is 1. The molecule has 1 aliphatic rings. The van der Waals surface area contributed by atoms with Crippen molar-refractivity contribution in [2.24, 2.45) is 4.99 Å². The molecule has 29 heavy (non-hydrogen) atoms. The lowest BCUT2D eigenvalue weighted by Gasteiger charge is -2.13. The molecule has 1 fully saturated rings. The smallest absolute Gasteiger partial charge is 0.341 e. The molecule has 1 saturated heterocycles. The fourth-order valence-electron chi connectivity index (χ4n) is 2.73. The topological polar surface area (TPSA) is 79.2 Å². The van der Waals surface area contributed by atoms with Gasteiger partial charge in [0.15, 0.2) is 11.8 Å². The number of aliphatic carboxylic acids is 1. The first-order valence-corrected chi connectivity index (χ1v) is 10.1. The largest absolute Gasteiger partial charge is 0.482 e. The monoisotopic (exact) mass is 410 g/mol. The first-order chi connectivity index (χ1) is 14.0. The van der Waals surface area contributed by atoms with E-state index < -0.39 is 12.6 Å². The predicted octanol–water partition coefficient (Wildman–Crippen LogP) is 4.47. The Labute approximate surface area is 173 Å². The fourth-order valence-corrected chi connectivity index (χ4v) is 3.76. The molecule has 2 aromatic carbocycles. The van der Waals surface area contributed by atoms with Gasteiger partial charge in [-0.1, -0.05) is 36.8 Å². The number of rotatable bonds is 7. The van der Waals surface area contributed by atoms with Gasteiger partial charge in [-0.2, -0.15) is 0 Å². The Morgan fingerprint density at radius 3 is 2.69 bits per heavy atom. The molecule has 1 amide bonds. The van der Waals surface area contributed by atoms with Crippen molar-refractivity contribution in [2.75, 3.05) is 13.2 Å². The molecule has 0 spiro atoms. The molecule has 0 aliphatic carbocycles. The number of hydrogen-bond donors (Lipinski definition) is 1. The van der Waals surface area contributed by atoms with Crippen LogP contribution in [0, 0.1) is 6.92 Å². The summed E-state index contributed by atoms with van der Waals surface area (Å²) in [6.07, 6.45) is 2.60. The zero-order chi connectivity index (χ0) is 20.8. The third-order valence-electron chi connectivity index (χ3n) is 4.11. The Morgan fingerprint density at radius 2 is 2.00 bits per heavy atom. The molecule has 1 aliphatic heterocycles. The molecule has 6 nitrogen and oxygen atoms in total. The minimum atomic E-state index is -1.04. The van der Waals surface area contributed by atoms with Crippen LogP contribution in [0.4, 0.5) is 5.69 Å². The number of benzene rings is 2. The number of carboxylic acids is 1. The van der Waals surface area contributed by atoms with Crippen molar-refractivity contribution in [3.63, 3.8) is 0 Å². The zero-order valence-corrected chi connectivity index (χ0v) is 17.1. The third kappa shape index (κ3) is 5.48. The van der Waals surface area contributed by atoms with E-state index in [1.807, 2.05) is 44.2 Å². The Hall–Kier alpha value is -3.06. The molecule has 0 radical (unpaired) electrons. The van der Waals surface area contributed by atoms with Gasteiger partial charge in [0.1, 0.15) is 5.75 Å². The van der Waals surface area contributed by atoms with E-state index in [9.17, 15) is 9.59 Å². The average Bonchev–Trinajstić information content (AvgIpc) is 2.97. The number of amides is 1. The summed E-state index contributed by atoms with van der Waals surface area (Å²) in [4.78, 5) is 30.5. The lowest BCUT2D eigenvalue weighted by atomic mass is 10.2. The van der Waals surface area contributed by atoms with Crippen LogP contribution >= 0.6 is 11.8 Å². The van der Waals surface area contributed by atoms with Crippen molar-refractivity contribution >= 4 is 40.6 Å². The van der Waals surface area contributed by atoms with Crippen molar-refractivity contribution in [1.82, 2.24) is 4.90 Å². The maximum Gasteiger partial charge on any atom is 0.341 e. The number of amidine groups is 1. The molecule has 150 valence electrons. The van der Waals surface area contributed by atoms with Gasteiger partial charge in [0.05, 0.1) is 10.6 Å². The van der Waals surface area contributed by atoms with Gasteiger partial charge in [-0.3, -0.25) is 9.69 Å². The molecule has 2 aromatic rings. The second kappa shape index (κ2) is 9.43. The van der Waals surface area contributed by atoms with E-state index in [2.05, 4.69) is 4.99 Å². The van der Waals surface area contributed by atoms with Gasteiger partial charge in [-0.05, 0) is 61.0 Å². The van der Waals surface area contributed by atoms with E-state index in [4.69, 9.17) is 9.84 Å². The maximum absolute atomic E-state index is 12.9. The molecular formula is C22H22N2O4S. The van der Waals surface area contributed by atoms with E-state index >= 15 is 0 Å². The van der Waals surface area contributed by atoms with Crippen LogP contribution in [0.2, 0.25) is 0 Å². The van der Waals surface area contributed by atoms with Gasteiger partial charge < -0.3 is 9.84 Å². The Morgan fingerprint density at radius 1 is 1.24 bits per heavy atom. The number of carboxylic acid groups (broad SMARTS) is 1. The first-order valence-electron chi connectivity index (χ1n) is 9.27. The lowest BCUT2D eigenvalue weighted by molar-refractivity contribution is -0.139. The molecule has 0 bridgehead atoms. The second-order valence-corrected chi connectivity index (χ2v) is 7.56. The van der Waals surface area contributed by atoms with Crippen LogP contribution in [0.1, 0.15) is 24.5 Å². The van der Waals surface area contributed by atoms with E-state index in [1.165, 1.54) is 11.8 Å². The molecule has 7 heteroatoms. The Kier molecular flexibility index (Phi) is 6.72. The number of carbonyl (C=O) groups excluding carboxylic acids is 1. The lowest BCUT2D eigenvalue weighted by Crippen LogP contribution is -2.29. The standard InChI is InChI=1S/C22H22N2O4S/c1-3-11-24-21(27)19(29-22(24)23-17-9-7-15(2)8-10-17)13-16-5-4-6-18(12-16)28-14-20(25)26/h4-10,12-13H,3,11,14H2,1-2H3,(H,25,26)/b19-13+,23-22?. The van der Waals surface area contributed by atoms with Gasteiger partial charge in [0, 0.05) is 6.54 Å². The number of ether oxygens (including phenoxy) is 1. The van der Waals surface area contributed by atoms with Gasteiger partial charge in [0.25, 0.3) is 5.91 Å². The highest BCUT2D eigenvalue weighted by molar-refractivity contribution is 8.18. The van der Waals surface area contributed by atoms with Crippen LogP contribution in [0.15, 0.2) is 58.4 Å². The van der Waals surface area contributed by atoms with E-state index in [0.29, 0.717) is 22.4 Å². The van der Waals surface area contributed by atoms with Gasteiger partial charge in [0.2, 0.25) is 0 Å². The molecule has 1 N–H and O–H groups in total.